The summed E-state index contributed by atoms with van der Waals surface area (Å²) in [5, 5.41) is 0. The van der Waals surface area contributed by atoms with Crippen molar-refractivity contribution in [3.8, 4) is 0 Å². The third-order valence-corrected chi connectivity index (χ3v) is 3.50. The summed E-state index contributed by atoms with van der Waals surface area (Å²) in [4.78, 5) is 39.6. The number of nitrogens with zero attached hydrogens (tertiary/aromatic N) is 2. The Morgan fingerprint density at radius 3 is 2.78 bits per heavy atom. The van der Waals surface area contributed by atoms with Crippen LogP contribution in [0.25, 0.3) is 0 Å². The van der Waals surface area contributed by atoms with Crippen molar-refractivity contribution in [3.63, 3.8) is 0 Å². The van der Waals surface area contributed by atoms with E-state index in [1.807, 2.05) is 7.05 Å². The standard InChI is InChI=1S/C12H17N3O3/c1-8(16)10-6-13-12(18)15(11(10)17)7-9-4-3-5-14(9)2/h6,9H,3-5,7H2,1-2H3,(H,13,18). The molecule has 1 aliphatic rings. The number of carbonyl (C=O) groups is 1. The number of rotatable bonds is 3. The van der Waals surface area contributed by atoms with Gasteiger partial charge in [0.15, 0.2) is 5.78 Å². The molecule has 18 heavy (non-hydrogen) atoms. The van der Waals surface area contributed by atoms with E-state index in [0.717, 1.165) is 24.0 Å². The number of H-pyrrole nitrogens is 1. The first-order chi connectivity index (χ1) is 8.50. The first-order valence-corrected chi connectivity index (χ1v) is 6.04. The Hall–Kier alpha value is -1.69. The largest absolute Gasteiger partial charge is 0.328 e. The van der Waals surface area contributed by atoms with Crippen LogP contribution in [0.15, 0.2) is 15.8 Å². The Kier molecular flexibility index (Phi) is 3.47. The molecule has 0 bridgehead atoms. The van der Waals surface area contributed by atoms with Gasteiger partial charge in [0.25, 0.3) is 5.56 Å². The lowest BCUT2D eigenvalue weighted by Crippen LogP contribution is -2.42. The van der Waals surface area contributed by atoms with Crippen molar-refractivity contribution in [1.29, 1.82) is 0 Å². The minimum absolute atomic E-state index is 0.0373. The number of Topliss-reactive ketones (excluding diaryl/α,β-unsaturated/α-hetero) is 1. The van der Waals surface area contributed by atoms with Gasteiger partial charge < -0.3 is 9.88 Å². The lowest BCUT2D eigenvalue weighted by molar-refractivity contribution is 0.101. The average Bonchev–Trinajstić information content (AvgIpc) is 2.69. The van der Waals surface area contributed by atoms with Gasteiger partial charge in [0.1, 0.15) is 0 Å². The molecule has 1 atom stereocenters. The maximum Gasteiger partial charge on any atom is 0.328 e. The molecule has 0 aliphatic carbocycles. The van der Waals surface area contributed by atoms with Gasteiger partial charge in [-0.3, -0.25) is 14.2 Å². The lowest BCUT2D eigenvalue weighted by atomic mass is 10.2. The molecule has 1 fully saturated rings. The summed E-state index contributed by atoms with van der Waals surface area (Å²) >= 11 is 0. The zero-order valence-corrected chi connectivity index (χ0v) is 10.6. The van der Waals surface area contributed by atoms with Crippen molar-refractivity contribution in [1.82, 2.24) is 14.5 Å². The topological polar surface area (TPSA) is 75.2 Å². The predicted octanol–water partition coefficient (Wildman–Crippen LogP) is -0.167. The number of likely N-dealkylation sites (N-methyl/N-ethyl adjacent to an activating group) is 1. The highest BCUT2D eigenvalue weighted by Crippen LogP contribution is 2.15. The highest BCUT2D eigenvalue weighted by molar-refractivity contribution is 5.93. The highest BCUT2D eigenvalue weighted by Gasteiger charge is 2.23. The van der Waals surface area contributed by atoms with Gasteiger partial charge in [0.2, 0.25) is 0 Å². The Labute approximate surface area is 104 Å². The first-order valence-electron chi connectivity index (χ1n) is 6.04. The second-order valence-electron chi connectivity index (χ2n) is 4.76. The van der Waals surface area contributed by atoms with Gasteiger partial charge in [-0.2, -0.15) is 0 Å². The molecule has 0 saturated carbocycles. The van der Waals surface area contributed by atoms with E-state index in [0.29, 0.717) is 6.54 Å². The van der Waals surface area contributed by atoms with Crippen LogP contribution in [-0.4, -0.2) is 39.9 Å². The molecular formula is C12H17N3O3. The van der Waals surface area contributed by atoms with Crippen LogP contribution < -0.4 is 11.2 Å². The van der Waals surface area contributed by atoms with Gasteiger partial charge in [0.05, 0.1) is 5.56 Å². The zero-order chi connectivity index (χ0) is 13.3. The fraction of sp³-hybridized carbons (Fsp3) is 0.583. The molecule has 1 unspecified atom stereocenters. The number of hydrogen-bond acceptors (Lipinski definition) is 4. The fourth-order valence-electron chi connectivity index (χ4n) is 2.35. The van der Waals surface area contributed by atoms with Crippen LogP contribution in [0.3, 0.4) is 0 Å². The van der Waals surface area contributed by atoms with E-state index in [-0.39, 0.29) is 17.4 Å². The number of aromatic nitrogens is 2. The van der Waals surface area contributed by atoms with Gasteiger partial charge in [0, 0.05) is 18.8 Å². The van der Waals surface area contributed by atoms with Crippen molar-refractivity contribution >= 4 is 5.78 Å². The normalized spacial score (nSPS) is 20.2. The minimum Gasteiger partial charge on any atom is -0.313 e. The molecule has 2 heterocycles. The minimum atomic E-state index is -0.494. The molecule has 1 aromatic heterocycles. The molecule has 0 aromatic carbocycles. The van der Waals surface area contributed by atoms with Crippen LogP contribution in [-0.2, 0) is 6.54 Å². The third-order valence-electron chi connectivity index (χ3n) is 3.50. The monoisotopic (exact) mass is 251 g/mol. The molecule has 0 spiro atoms. The SMILES string of the molecule is CC(=O)c1c[nH]c(=O)n(CC2CCCN2C)c1=O. The molecule has 1 aliphatic heterocycles. The fourth-order valence-corrected chi connectivity index (χ4v) is 2.35. The number of aromatic amines is 1. The second-order valence-corrected chi connectivity index (χ2v) is 4.76. The highest BCUT2D eigenvalue weighted by atomic mass is 16.2. The average molecular weight is 251 g/mol. The van der Waals surface area contributed by atoms with Crippen LogP contribution in [0.5, 0.6) is 0 Å². The van der Waals surface area contributed by atoms with E-state index in [9.17, 15) is 14.4 Å². The van der Waals surface area contributed by atoms with Gasteiger partial charge >= 0.3 is 5.69 Å². The summed E-state index contributed by atoms with van der Waals surface area (Å²) < 4.78 is 1.13. The maximum atomic E-state index is 12.0. The number of nitrogens with one attached hydrogen (secondary N) is 1. The van der Waals surface area contributed by atoms with E-state index >= 15 is 0 Å². The van der Waals surface area contributed by atoms with Crippen molar-refractivity contribution < 1.29 is 4.79 Å². The van der Waals surface area contributed by atoms with Gasteiger partial charge in [-0.15, -0.1) is 0 Å². The van der Waals surface area contributed by atoms with E-state index in [1.165, 1.54) is 13.1 Å². The molecule has 98 valence electrons. The van der Waals surface area contributed by atoms with E-state index in [4.69, 9.17) is 0 Å². The number of likely N-dealkylation sites (tertiary alicyclic amines) is 1. The summed E-state index contributed by atoms with van der Waals surface area (Å²) in [6.07, 6.45) is 3.23. The molecule has 0 amide bonds. The van der Waals surface area contributed by atoms with E-state index < -0.39 is 11.2 Å². The van der Waals surface area contributed by atoms with Crippen LogP contribution in [0.1, 0.15) is 30.1 Å². The lowest BCUT2D eigenvalue weighted by Gasteiger charge is -2.19. The Bertz CT molecular complexity index is 573. The molecule has 1 saturated heterocycles. The Morgan fingerprint density at radius 1 is 1.50 bits per heavy atom. The molecule has 6 nitrogen and oxygen atoms in total. The van der Waals surface area contributed by atoms with Crippen molar-refractivity contribution in [2.45, 2.75) is 32.4 Å². The van der Waals surface area contributed by atoms with Crippen molar-refractivity contribution in [3.05, 3.63) is 32.6 Å². The second kappa shape index (κ2) is 4.89. The Balaban J connectivity index is 2.38. The molecule has 1 aromatic rings. The van der Waals surface area contributed by atoms with Gasteiger partial charge in [-0.25, -0.2) is 4.79 Å². The number of ketones is 1. The first kappa shape index (κ1) is 12.8. The van der Waals surface area contributed by atoms with E-state index in [1.54, 1.807) is 0 Å². The molecule has 0 radical (unpaired) electrons. The van der Waals surface area contributed by atoms with Crippen molar-refractivity contribution in [2.75, 3.05) is 13.6 Å². The predicted molar refractivity (Wildman–Crippen MR) is 67.0 cm³/mol. The molecule has 1 N–H and O–H groups in total. The van der Waals surface area contributed by atoms with Crippen molar-refractivity contribution in [2.24, 2.45) is 0 Å². The summed E-state index contributed by atoms with van der Waals surface area (Å²) in [6.45, 7) is 2.64. The van der Waals surface area contributed by atoms with Crippen LogP contribution in [0, 0.1) is 0 Å². The molecule has 2 rings (SSSR count). The zero-order valence-electron chi connectivity index (χ0n) is 10.6. The van der Waals surface area contributed by atoms with Gasteiger partial charge in [-0.05, 0) is 33.4 Å². The van der Waals surface area contributed by atoms with Crippen LogP contribution in [0.2, 0.25) is 0 Å². The smallest absolute Gasteiger partial charge is 0.313 e. The van der Waals surface area contributed by atoms with Crippen LogP contribution >= 0.6 is 0 Å². The quantitative estimate of drug-likeness (QED) is 0.757. The summed E-state index contributed by atoms with van der Waals surface area (Å²) in [6, 6.07) is 0.186. The molecular weight excluding hydrogens is 234 g/mol. The van der Waals surface area contributed by atoms with E-state index in [2.05, 4.69) is 9.88 Å². The number of hydrogen-bond donors (Lipinski definition) is 1. The van der Waals surface area contributed by atoms with Gasteiger partial charge in [-0.1, -0.05) is 0 Å². The number of carbonyl (C=O) groups excluding carboxylic acids is 1. The summed E-state index contributed by atoms with van der Waals surface area (Å²) in [5.41, 5.74) is -0.910. The Morgan fingerprint density at radius 2 is 2.22 bits per heavy atom. The summed E-state index contributed by atoms with van der Waals surface area (Å²) in [7, 11) is 1.98. The maximum absolute atomic E-state index is 12.0. The summed E-state index contributed by atoms with van der Waals surface area (Å²) in [5.74, 6) is -0.329. The third kappa shape index (κ3) is 2.28. The van der Waals surface area contributed by atoms with Crippen LogP contribution in [0.4, 0.5) is 0 Å². The molecule has 6 heteroatoms.